The van der Waals surface area contributed by atoms with E-state index >= 15 is 0 Å². The maximum Gasteiger partial charge on any atom is 0.219 e. The van der Waals surface area contributed by atoms with Crippen LogP contribution in [0.2, 0.25) is 0 Å². The number of piperidine rings is 1. The number of morpholine rings is 1. The van der Waals surface area contributed by atoms with E-state index < -0.39 is 0 Å². The lowest BCUT2D eigenvalue weighted by molar-refractivity contribution is -0.131. The van der Waals surface area contributed by atoms with Crippen LogP contribution in [0.15, 0.2) is 0 Å². The van der Waals surface area contributed by atoms with Crippen LogP contribution in [-0.2, 0) is 9.53 Å². The summed E-state index contributed by atoms with van der Waals surface area (Å²) in [5.41, 5.74) is -0.379. The molecule has 2 aliphatic heterocycles. The zero-order valence-electron chi connectivity index (χ0n) is 10.3. The SMILES string of the molecule is CC(=O)N1CCC(C#N)(N2CCOCC2)CC1. The van der Waals surface area contributed by atoms with Gasteiger partial charge in [-0.2, -0.15) is 5.26 Å². The third kappa shape index (κ3) is 2.43. The van der Waals surface area contributed by atoms with Crippen molar-refractivity contribution in [1.29, 1.82) is 5.26 Å². The molecule has 0 saturated carbocycles. The van der Waals surface area contributed by atoms with Crippen molar-refractivity contribution in [3.05, 3.63) is 0 Å². The number of hydrogen-bond acceptors (Lipinski definition) is 4. The van der Waals surface area contributed by atoms with Gasteiger partial charge < -0.3 is 9.64 Å². The van der Waals surface area contributed by atoms with Gasteiger partial charge in [0.15, 0.2) is 0 Å². The molecule has 0 aromatic carbocycles. The number of rotatable bonds is 1. The minimum Gasteiger partial charge on any atom is -0.379 e. The standard InChI is InChI=1S/C12H19N3O2/c1-11(16)14-4-2-12(10-13,3-5-14)15-6-8-17-9-7-15/h2-9H2,1H3. The Labute approximate surface area is 102 Å². The molecule has 2 saturated heterocycles. The van der Waals surface area contributed by atoms with E-state index in [-0.39, 0.29) is 11.4 Å². The van der Waals surface area contributed by atoms with Crippen molar-refractivity contribution in [1.82, 2.24) is 9.80 Å². The average Bonchev–Trinajstić information content (AvgIpc) is 2.40. The molecule has 2 fully saturated rings. The number of nitriles is 1. The first-order valence-corrected chi connectivity index (χ1v) is 6.17. The lowest BCUT2D eigenvalue weighted by atomic mass is 9.86. The molecule has 0 unspecified atom stereocenters. The number of carbonyl (C=O) groups is 1. The van der Waals surface area contributed by atoms with Crippen LogP contribution in [0.4, 0.5) is 0 Å². The third-order valence-corrected chi connectivity index (χ3v) is 3.86. The van der Waals surface area contributed by atoms with Gasteiger partial charge in [-0.25, -0.2) is 0 Å². The van der Waals surface area contributed by atoms with Crippen LogP contribution in [0.5, 0.6) is 0 Å². The van der Waals surface area contributed by atoms with E-state index in [1.165, 1.54) is 0 Å². The molecule has 5 heteroatoms. The van der Waals surface area contributed by atoms with Crippen molar-refractivity contribution >= 4 is 5.91 Å². The summed E-state index contributed by atoms with van der Waals surface area (Å²) < 4.78 is 5.32. The van der Waals surface area contributed by atoms with Crippen molar-refractivity contribution in [2.45, 2.75) is 25.3 Å². The molecule has 0 bridgehead atoms. The first kappa shape index (κ1) is 12.3. The quantitative estimate of drug-likeness (QED) is 0.655. The predicted octanol–water partition coefficient (Wildman–Crippen LogP) is 0.223. The Morgan fingerprint density at radius 2 is 1.82 bits per heavy atom. The zero-order chi connectivity index (χ0) is 12.3. The van der Waals surface area contributed by atoms with Crippen molar-refractivity contribution in [3.63, 3.8) is 0 Å². The van der Waals surface area contributed by atoms with E-state index in [0.29, 0.717) is 26.3 Å². The fourth-order valence-electron chi connectivity index (χ4n) is 2.68. The summed E-state index contributed by atoms with van der Waals surface area (Å²) in [6, 6.07) is 2.48. The molecule has 2 heterocycles. The van der Waals surface area contributed by atoms with E-state index in [1.54, 1.807) is 6.92 Å². The molecule has 0 aliphatic carbocycles. The molecular weight excluding hydrogens is 218 g/mol. The largest absolute Gasteiger partial charge is 0.379 e. The Bertz CT molecular complexity index is 323. The van der Waals surface area contributed by atoms with Crippen LogP contribution in [0.3, 0.4) is 0 Å². The number of nitrogens with zero attached hydrogens (tertiary/aromatic N) is 3. The summed E-state index contributed by atoms with van der Waals surface area (Å²) in [5, 5.41) is 9.48. The van der Waals surface area contributed by atoms with Gasteiger partial charge in [-0.1, -0.05) is 0 Å². The highest BCUT2D eigenvalue weighted by Gasteiger charge is 2.41. The maximum absolute atomic E-state index is 11.3. The molecular formula is C12H19N3O2. The summed E-state index contributed by atoms with van der Waals surface area (Å²) >= 11 is 0. The van der Waals surface area contributed by atoms with Gasteiger partial charge >= 0.3 is 0 Å². The smallest absolute Gasteiger partial charge is 0.219 e. The number of hydrogen-bond donors (Lipinski definition) is 0. The normalized spacial score (nSPS) is 25.3. The summed E-state index contributed by atoms with van der Waals surface area (Å²) in [6.45, 7) is 6.05. The lowest BCUT2D eigenvalue weighted by Gasteiger charge is -2.45. The molecule has 0 radical (unpaired) electrons. The molecule has 0 aromatic heterocycles. The van der Waals surface area contributed by atoms with Gasteiger partial charge in [-0.3, -0.25) is 9.69 Å². The first-order chi connectivity index (χ1) is 8.18. The molecule has 5 nitrogen and oxygen atoms in total. The topological polar surface area (TPSA) is 56.6 Å². The fourth-order valence-corrected chi connectivity index (χ4v) is 2.68. The Kier molecular flexibility index (Phi) is 3.65. The summed E-state index contributed by atoms with van der Waals surface area (Å²) in [6.07, 6.45) is 1.51. The van der Waals surface area contributed by atoms with Crippen molar-refractivity contribution in [3.8, 4) is 6.07 Å². The molecule has 2 aliphatic rings. The second-order valence-corrected chi connectivity index (χ2v) is 4.75. The van der Waals surface area contributed by atoms with Gasteiger partial charge in [0.05, 0.1) is 19.3 Å². The Balaban J connectivity index is 2.02. The lowest BCUT2D eigenvalue weighted by Crippen LogP contribution is -2.58. The monoisotopic (exact) mass is 237 g/mol. The van der Waals surface area contributed by atoms with Gasteiger partial charge in [0.2, 0.25) is 5.91 Å². The Hall–Kier alpha value is -1.12. The van der Waals surface area contributed by atoms with E-state index in [9.17, 15) is 10.1 Å². The van der Waals surface area contributed by atoms with Gasteiger partial charge in [-0.15, -0.1) is 0 Å². The summed E-state index contributed by atoms with van der Waals surface area (Å²) in [7, 11) is 0. The Morgan fingerprint density at radius 1 is 1.24 bits per heavy atom. The fraction of sp³-hybridized carbons (Fsp3) is 0.833. The summed E-state index contributed by atoms with van der Waals surface area (Å²) in [5.74, 6) is 0.110. The van der Waals surface area contributed by atoms with Gasteiger partial charge in [-0.05, 0) is 12.8 Å². The zero-order valence-corrected chi connectivity index (χ0v) is 10.3. The second-order valence-electron chi connectivity index (χ2n) is 4.75. The maximum atomic E-state index is 11.3. The van der Waals surface area contributed by atoms with Crippen LogP contribution < -0.4 is 0 Å². The molecule has 94 valence electrons. The van der Waals surface area contributed by atoms with Crippen molar-refractivity contribution in [2.24, 2.45) is 0 Å². The van der Waals surface area contributed by atoms with Gasteiger partial charge in [0.25, 0.3) is 0 Å². The van der Waals surface area contributed by atoms with E-state index in [4.69, 9.17) is 4.74 Å². The number of ether oxygens (including phenoxy) is 1. The minimum absolute atomic E-state index is 0.110. The van der Waals surface area contributed by atoms with E-state index in [1.807, 2.05) is 4.90 Å². The number of likely N-dealkylation sites (tertiary alicyclic amines) is 1. The average molecular weight is 237 g/mol. The molecule has 0 spiro atoms. The molecule has 17 heavy (non-hydrogen) atoms. The van der Waals surface area contributed by atoms with Crippen LogP contribution >= 0.6 is 0 Å². The highest BCUT2D eigenvalue weighted by Crippen LogP contribution is 2.29. The van der Waals surface area contributed by atoms with Crippen LogP contribution in [-0.4, -0.2) is 60.6 Å². The van der Waals surface area contributed by atoms with Crippen LogP contribution in [0.1, 0.15) is 19.8 Å². The molecule has 0 atom stereocenters. The van der Waals surface area contributed by atoms with Crippen LogP contribution in [0.25, 0.3) is 0 Å². The molecule has 2 rings (SSSR count). The van der Waals surface area contributed by atoms with Crippen molar-refractivity contribution in [2.75, 3.05) is 39.4 Å². The van der Waals surface area contributed by atoms with E-state index in [0.717, 1.165) is 25.9 Å². The molecule has 0 aromatic rings. The van der Waals surface area contributed by atoms with Gasteiger partial charge in [0, 0.05) is 33.1 Å². The van der Waals surface area contributed by atoms with Crippen molar-refractivity contribution < 1.29 is 9.53 Å². The summed E-state index contributed by atoms with van der Waals surface area (Å²) in [4.78, 5) is 15.3. The predicted molar refractivity (Wildman–Crippen MR) is 62.2 cm³/mol. The minimum atomic E-state index is -0.379. The highest BCUT2D eigenvalue weighted by atomic mass is 16.5. The Morgan fingerprint density at radius 3 is 2.29 bits per heavy atom. The number of carbonyl (C=O) groups excluding carboxylic acids is 1. The van der Waals surface area contributed by atoms with Crippen LogP contribution in [0, 0.1) is 11.3 Å². The first-order valence-electron chi connectivity index (χ1n) is 6.17. The molecule has 0 N–H and O–H groups in total. The number of amides is 1. The van der Waals surface area contributed by atoms with E-state index in [2.05, 4.69) is 11.0 Å². The molecule has 1 amide bonds. The third-order valence-electron chi connectivity index (χ3n) is 3.86. The highest BCUT2D eigenvalue weighted by molar-refractivity contribution is 5.73. The second kappa shape index (κ2) is 5.03. The van der Waals surface area contributed by atoms with Gasteiger partial charge in [0.1, 0.15) is 5.54 Å².